The number of rotatable bonds is 0. The van der Waals surface area contributed by atoms with Crippen LogP contribution in [0.5, 0.6) is 0 Å². The maximum Gasteiger partial charge on any atom is 0.249 e. The van der Waals surface area contributed by atoms with Crippen LogP contribution in [-0.2, 0) is 4.79 Å². The number of isocyanates is 1. The zero-order valence-corrected chi connectivity index (χ0v) is 6.56. The van der Waals surface area contributed by atoms with Gasteiger partial charge in [-0.15, -0.1) is 4.99 Å². The molecule has 54 valence electrons. The van der Waals surface area contributed by atoms with Crippen molar-refractivity contribution in [3.8, 4) is 12.0 Å². The molecule has 0 fully saturated rings. The third kappa shape index (κ3) is 6.94. The summed E-state index contributed by atoms with van der Waals surface area (Å²) in [6.07, 6.45) is 2.10. The van der Waals surface area contributed by atoms with Crippen LogP contribution in [0.1, 0.15) is 27.2 Å². The van der Waals surface area contributed by atoms with Crippen molar-refractivity contribution >= 4 is 6.08 Å². The van der Waals surface area contributed by atoms with E-state index < -0.39 is 0 Å². The number of hydrogen-bond donors (Lipinski definition) is 0. The van der Waals surface area contributed by atoms with Crippen LogP contribution >= 0.6 is 0 Å². The summed E-state index contributed by atoms with van der Waals surface area (Å²) in [7, 11) is 0. The maximum atomic E-state index is 9.54. The molecule has 0 saturated carbocycles. The van der Waals surface area contributed by atoms with E-state index >= 15 is 0 Å². The van der Waals surface area contributed by atoms with Gasteiger partial charge in [0.2, 0.25) is 6.08 Å². The van der Waals surface area contributed by atoms with Crippen molar-refractivity contribution in [1.82, 2.24) is 0 Å². The van der Waals surface area contributed by atoms with Crippen molar-refractivity contribution in [3.63, 3.8) is 0 Å². The van der Waals surface area contributed by atoms with Gasteiger partial charge in [0.25, 0.3) is 0 Å². The average molecular weight is 137 g/mol. The van der Waals surface area contributed by atoms with Gasteiger partial charge in [-0.3, -0.25) is 0 Å². The highest BCUT2D eigenvalue weighted by atomic mass is 16.1. The van der Waals surface area contributed by atoms with E-state index in [1.165, 1.54) is 6.08 Å². The lowest BCUT2D eigenvalue weighted by molar-refractivity contribution is 0.428. The topological polar surface area (TPSA) is 29.4 Å². The molecule has 0 amide bonds. The minimum absolute atomic E-state index is 0.186. The SMILES string of the molecule is CC(C)(C)CC#CN=C=O. The average Bonchev–Trinajstić information content (AvgIpc) is 1.78. The Morgan fingerprint density at radius 2 is 2.00 bits per heavy atom. The Morgan fingerprint density at radius 3 is 2.40 bits per heavy atom. The first-order chi connectivity index (χ1) is 4.56. The highest BCUT2D eigenvalue weighted by molar-refractivity contribution is 5.36. The van der Waals surface area contributed by atoms with Gasteiger partial charge in [0.1, 0.15) is 0 Å². The number of carbonyl (C=O) groups excluding carboxylic acids is 1. The molecule has 0 atom stereocenters. The number of nitrogens with zero attached hydrogens (tertiary/aromatic N) is 1. The Morgan fingerprint density at radius 1 is 1.40 bits per heavy atom. The van der Waals surface area contributed by atoms with Gasteiger partial charge in [-0.25, -0.2) is 4.79 Å². The molecule has 2 heteroatoms. The van der Waals surface area contributed by atoms with Gasteiger partial charge in [-0.1, -0.05) is 26.7 Å². The Kier molecular flexibility index (Phi) is 3.46. The lowest BCUT2D eigenvalue weighted by Gasteiger charge is -2.11. The predicted molar refractivity (Wildman–Crippen MR) is 40.0 cm³/mol. The molecule has 0 aliphatic rings. The summed E-state index contributed by atoms with van der Waals surface area (Å²) in [5.41, 5.74) is 0.186. The summed E-state index contributed by atoms with van der Waals surface area (Å²) >= 11 is 0. The Labute approximate surface area is 61.3 Å². The zero-order chi connectivity index (χ0) is 8.04. The first kappa shape index (κ1) is 8.94. The highest BCUT2D eigenvalue weighted by Crippen LogP contribution is 2.16. The van der Waals surface area contributed by atoms with E-state index in [9.17, 15) is 4.79 Å². The van der Waals surface area contributed by atoms with E-state index in [0.717, 1.165) is 6.42 Å². The van der Waals surface area contributed by atoms with Gasteiger partial charge in [-0.2, -0.15) is 0 Å². The van der Waals surface area contributed by atoms with Crippen LogP contribution in [0.3, 0.4) is 0 Å². The molecule has 0 unspecified atom stereocenters. The van der Waals surface area contributed by atoms with Gasteiger partial charge in [0, 0.05) is 12.5 Å². The van der Waals surface area contributed by atoms with E-state index in [-0.39, 0.29) is 5.41 Å². The van der Waals surface area contributed by atoms with Crippen molar-refractivity contribution in [2.75, 3.05) is 0 Å². The van der Waals surface area contributed by atoms with Gasteiger partial charge in [-0.05, 0) is 5.41 Å². The largest absolute Gasteiger partial charge is 0.249 e. The molecule has 0 aromatic heterocycles. The molecular weight excluding hydrogens is 126 g/mol. The van der Waals surface area contributed by atoms with Crippen LogP contribution in [0.25, 0.3) is 0 Å². The van der Waals surface area contributed by atoms with Crippen LogP contribution < -0.4 is 0 Å². The first-order valence-electron chi connectivity index (χ1n) is 3.11. The molecule has 2 nitrogen and oxygen atoms in total. The summed E-state index contributed by atoms with van der Waals surface area (Å²) in [6.45, 7) is 6.23. The van der Waals surface area contributed by atoms with Crippen molar-refractivity contribution in [2.45, 2.75) is 27.2 Å². The molecule has 0 radical (unpaired) electrons. The molecular formula is C8H11NO. The van der Waals surface area contributed by atoms with Crippen molar-refractivity contribution in [2.24, 2.45) is 10.4 Å². The van der Waals surface area contributed by atoms with E-state index in [1.807, 2.05) is 0 Å². The van der Waals surface area contributed by atoms with E-state index in [1.54, 1.807) is 0 Å². The van der Waals surface area contributed by atoms with Crippen LogP contribution in [-0.4, -0.2) is 6.08 Å². The third-order valence-electron chi connectivity index (χ3n) is 0.799. The number of hydrogen-bond acceptors (Lipinski definition) is 2. The second-order valence-corrected chi connectivity index (χ2v) is 3.23. The van der Waals surface area contributed by atoms with Crippen LogP contribution in [0.2, 0.25) is 0 Å². The summed E-state index contributed by atoms with van der Waals surface area (Å²) < 4.78 is 0. The Hall–Kier alpha value is -1.06. The molecule has 0 aromatic carbocycles. The lowest BCUT2D eigenvalue weighted by Crippen LogP contribution is -2.01. The standard InChI is InChI=1S/C8H11NO/c1-8(2,3)5-4-6-9-7-10/h5H2,1-3H3. The monoisotopic (exact) mass is 137 g/mol. The Bertz CT molecular complexity index is 196. The first-order valence-corrected chi connectivity index (χ1v) is 3.11. The zero-order valence-electron chi connectivity index (χ0n) is 6.56. The molecule has 0 aliphatic heterocycles. The summed E-state index contributed by atoms with van der Waals surface area (Å²) in [5, 5.41) is 0. The third-order valence-corrected chi connectivity index (χ3v) is 0.799. The fourth-order valence-corrected chi connectivity index (χ4v) is 0.367. The van der Waals surface area contributed by atoms with Gasteiger partial charge in [0.05, 0.1) is 0 Å². The molecule has 0 saturated heterocycles. The second-order valence-electron chi connectivity index (χ2n) is 3.23. The van der Waals surface area contributed by atoms with Crippen molar-refractivity contribution < 1.29 is 4.79 Å². The van der Waals surface area contributed by atoms with Crippen LogP contribution in [0.15, 0.2) is 4.99 Å². The van der Waals surface area contributed by atoms with Crippen molar-refractivity contribution in [3.05, 3.63) is 0 Å². The molecule has 0 spiro atoms. The van der Waals surface area contributed by atoms with E-state index in [4.69, 9.17) is 0 Å². The second kappa shape index (κ2) is 3.87. The quantitative estimate of drug-likeness (QED) is 0.284. The summed E-state index contributed by atoms with van der Waals surface area (Å²) in [4.78, 5) is 12.6. The van der Waals surface area contributed by atoms with Crippen LogP contribution in [0, 0.1) is 17.4 Å². The highest BCUT2D eigenvalue weighted by Gasteiger charge is 2.06. The predicted octanol–water partition coefficient (Wildman–Crippen LogP) is 1.72. The number of aliphatic imine (C=N–C) groups is 1. The van der Waals surface area contributed by atoms with E-state index in [2.05, 4.69) is 37.7 Å². The normalized spacial score (nSPS) is 9.10. The van der Waals surface area contributed by atoms with E-state index in [0.29, 0.717) is 0 Å². The van der Waals surface area contributed by atoms with Crippen molar-refractivity contribution in [1.29, 1.82) is 0 Å². The molecule has 0 aliphatic carbocycles. The minimum atomic E-state index is 0.186. The molecule has 0 N–H and O–H groups in total. The molecule has 0 rings (SSSR count). The van der Waals surface area contributed by atoms with Gasteiger partial charge >= 0.3 is 0 Å². The maximum absolute atomic E-state index is 9.54. The summed E-state index contributed by atoms with van der Waals surface area (Å²) in [5.74, 6) is 2.75. The van der Waals surface area contributed by atoms with Gasteiger partial charge in [0.15, 0.2) is 0 Å². The molecule has 10 heavy (non-hydrogen) atoms. The summed E-state index contributed by atoms with van der Waals surface area (Å²) in [6, 6.07) is 2.34. The molecule has 0 heterocycles. The molecule has 0 aromatic rings. The van der Waals surface area contributed by atoms with Gasteiger partial charge < -0.3 is 0 Å². The minimum Gasteiger partial charge on any atom is -0.210 e. The lowest BCUT2D eigenvalue weighted by atomic mass is 9.93. The van der Waals surface area contributed by atoms with Crippen LogP contribution in [0.4, 0.5) is 0 Å². The smallest absolute Gasteiger partial charge is 0.210 e. The fourth-order valence-electron chi connectivity index (χ4n) is 0.367. The molecule has 0 bridgehead atoms. The Balaban J connectivity index is 3.77. The fraction of sp³-hybridized carbons (Fsp3) is 0.625.